The Kier molecular flexibility index (Phi) is 5.26. The van der Waals surface area contributed by atoms with Crippen molar-refractivity contribution in [3.8, 4) is 0 Å². The summed E-state index contributed by atoms with van der Waals surface area (Å²) in [5.74, 6) is 0. The molecule has 206 valence electrons. The van der Waals surface area contributed by atoms with Crippen molar-refractivity contribution in [2.24, 2.45) is 0 Å². The lowest BCUT2D eigenvalue weighted by Gasteiger charge is -2.27. The number of rotatable bonds is 3. The Morgan fingerprint density at radius 2 is 0.750 bits per heavy atom. The molecule has 4 heteroatoms. The first-order valence-corrected chi connectivity index (χ1v) is 17.2. The molecular weight excluding hydrogens is 591 g/mol. The molecule has 3 aromatic heterocycles. The van der Waals surface area contributed by atoms with E-state index in [2.05, 4.69) is 144 Å². The van der Waals surface area contributed by atoms with Crippen LogP contribution in [0.1, 0.15) is 0 Å². The highest BCUT2D eigenvalue weighted by Gasteiger charge is 2.21. The molecule has 0 spiro atoms. The highest BCUT2D eigenvalue weighted by Crippen LogP contribution is 2.48. The first-order valence-electron chi connectivity index (χ1n) is 14.8. The second kappa shape index (κ2) is 9.38. The number of anilines is 3. The molecule has 0 aliphatic carbocycles. The molecule has 0 unspecified atom stereocenters. The topological polar surface area (TPSA) is 3.24 Å². The van der Waals surface area contributed by atoms with Crippen molar-refractivity contribution in [1.29, 1.82) is 0 Å². The third-order valence-electron chi connectivity index (χ3n) is 8.84. The second-order valence-corrected chi connectivity index (χ2v) is 14.6. The van der Waals surface area contributed by atoms with Crippen molar-refractivity contribution < 1.29 is 0 Å². The van der Waals surface area contributed by atoms with Crippen molar-refractivity contribution in [2.45, 2.75) is 0 Å². The fourth-order valence-electron chi connectivity index (χ4n) is 6.89. The molecule has 0 aliphatic rings. The van der Waals surface area contributed by atoms with Crippen LogP contribution in [-0.2, 0) is 0 Å². The van der Waals surface area contributed by atoms with Gasteiger partial charge in [0.1, 0.15) is 0 Å². The van der Waals surface area contributed by atoms with E-state index in [0.717, 1.165) is 0 Å². The molecule has 0 atom stereocenters. The molecule has 44 heavy (non-hydrogen) atoms. The summed E-state index contributed by atoms with van der Waals surface area (Å²) in [7, 11) is 0. The Balaban J connectivity index is 1.32. The minimum atomic E-state index is 1.17. The fraction of sp³-hybridized carbons (Fsp3) is 0. The predicted octanol–water partition coefficient (Wildman–Crippen LogP) is 13.4. The molecule has 0 amide bonds. The molecule has 10 rings (SSSR count). The van der Waals surface area contributed by atoms with Gasteiger partial charge in [-0.3, -0.25) is 0 Å². The van der Waals surface area contributed by atoms with Gasteiger partial charge in [0.05, 0.1) is 5.69 Å². The number of benzene rings is 7. The Labute approximate surface area is 265 Å². The zero-order chi connectivity index (χ0) is 28.8. The van der Waals surface area contributed by atoms with Crippen molar-refractivity contribution in [3.63, 3.8) is 0 Å². The van der Waals surface area contributed by atoms with Crippen LogP contribution in [-0.4, -0.2) is 0 Å². The Bertz CT molecular complexity index is 2630. The van der Waals surface area contributed by atoms with Gasteiger partial charge in [-0.1, -0.05) is 78.9 Å². The van der Waals surface area contributed by atoms with Gasteiger partial charge in [0, 0.05) is 77.3 Å². The lowest BCUT2D eigenvalue weighted by molar-refractivity contribution is 1.32. The Hall–Kier alpha value is -4.74. The zero-order valence-corrected chi connectivity index (χ0v) is 25.9. The monoisotopic (exact) mass is 613 g/mol. The van der Waals surface area contributed by atoms with Gasteiger partial charge in [0.2, 0.25) is 0 Å². The van der Waals surface area contributed by atoms with E-state index in [0.29, 0.717) is 0 Å². The summed E-state index contributed by atoms with van der Waals surface area (Å²) in [5.41, 5.74) is 3.55. The van der Waals surface area contributed by atoms with Gasteiger partial charge in [0.25, 0.3) is 0 Å². The molecule has 0 aliphatic heterocycles. The molecular formula is C40H23NS3. The predicted molar refractivity (Wildman–Crippen MR) is 197 cm³/mol. The number of nitrogens with zero attached hydrogens (tertiary/aromatic N) is 1. The lowest BCUT2D eigenvalue weighted by atomic mass is 10.0. The Morgan fingerprint density at radius 1 is 0.318 bits per heavy atom. The maximum absolute atomic E-state index is 2.49. The van der Waals surface area contributed by atoms with Gasteiger partial charge in [-0.05, 0) is 66.0 Å². The number of hydrogen-bond donors (Lipinski definition) is 0. The van der Waals surface area contributed by atoms with E-state index >= 15 is 0 Å². The van der Waals surface area contributed by atoms with Crippen LogP contribution in [0.15, 0.2) is 140 Å². The van der Waals surface area contributed by atoms with E-state index < -0.39 is 0 Å². The van der Waals surface area contributed by atoms with Gasteiger partial charge in [-0.2, -0.15) is 0 Å². The summed E-state index contributed by atoms with van der Waals surface area (Å²) >= 11 is 5.63. The van der Waals surface area contributed by atoms with E-state index in [1.54, 1.807) is 0 Å². The molecule has 0 saturated heterocycles. The summed E-state index contributed by atoms with van der Waals surface area (Å²) in [6, 6.07) is 51.7. The van der Waals surface area contributed by atoms with Crippen molar-refractivity contribution in [3.05, 3.63) is 140 Å². The molecule has 1 nitrogen and oxygen atoms in total. The third-order valence-corrected chi connectivity index (χ3v) is 12.3. The smallest absolute Gasteiger partial charge is 0.0554 e. The summed E-state index contributed by atoms with van der Waals surface area (Å²) in [6.45, 7) is 0. The van der Waals surface area contributed by atoms with Crippen LogP contribution in [0, 0.1) is 0 Å². The summed E-state index contributed by atoms with van der Waals surface area (Å²) in [5, 5.41) is 10.5. The number of thiophene rings is 3. The van der Waals surface area contributed by atoms with E-state index in [9.17, 15) is 0 Å². The zero-order valence-electron chi connectivity index (χ0n) is 23.5. The van der Waals surface area contributed by atoms with Crippen LogP contribution in [0.2, 0.25) is 0 Å². The first-order chi connectivity index (χ1) is 21.8. The quantitative estimate of drug-likeness (QED) is 0.192. The van der Waals surface area contributed by atoms with Crippen molar-refractivity contribution >= 4 is 122 Å². The average molecular weight is 614 g/mol. The highest BCUT2D eigenvalue weighted by molar-refractivity contribution is 7.26. The summed E-state index contributed by atoms with van der Waals surface area (Å²) < 4.78 is 7.93. The Morgan fingerprint density at radius 3 is 1.34 bits per heavy atom. The van der Waals surface area contributed by atoms with Gasteiger partial charge < -0.3 is 4.90 Å². The molecule has 0 fully saturated rings. The standard InChI is InChI=1S/C40H23NS3/c1-2-12-29-26(9-1)33(23-39-40(29)30-13-5-8-16-36(30)44-39)41(24-17-19-37-31(21-24)27-10-3-6-14-34(27)42-37)25-18-20-38-32(22-25)28-11-4-7-15-35(28)43-38/h1-23H. The van der Waals surface area contributed by atoms with E-state index in [-0.39, 0.29) is 0 Å². The largest absolute Gasteiger partial charge is 0.310 e. The maximum Gasteiger partial charge on any atom is 0.0554 e. The van der Waals surface area contributed by atoms with Gasteiger partial charge in [0.15, 0.2) is 0 Å². The molecule has 7 aromatic carbocycles. The highest BCUT2D eigenvalue weighted by atomic mass is 32.1. The minimum Gasteiger partial charge on any atom is -0.310 e. The molecule has 0 saturated carbocycles. The second-order valence-electron chi connectivity index (χ2n) is 11.3. The normalized spacial score (nSPS) is 12.1. The minimum absolute atomic E-state index is 1.17. The molecule has 0 bridgehead atoms. The van der Waals surface area contributed by atoms with Gasteiger partial charge in [-0.25, -0.2) is 0 Å². The van der Waals surface area contributed by atoms with Crippen molar-refractivity contribution in [1.82, 2.24) is 0 Å². The van der Waals surface area contributed by atoms with Crippen LogP contribution in [0.4, 0.5) is 17.1 Å². The van der Waals surface area contributed by atoms with E-state index in [1.807, 2.05) is 34.0 Å². The maximum atomic E-state index is 2.49. The average Bonchev–Trinajstić information content (AvgIpc) is 3.76. The van der Waals surface area contributed by atoms with Crippen LogP contribution in [0.3, 0.4) is 0 Å². The van der Waals surface area contributed by atoms with E-state index in [1.165, 1.54) is 88.4 Å². The van der Waals surface area contributed by atoms with Crippen LogP contribution >= 0.6 is 34.0 Å². The molecule has 0 radical (unpaired) electrons. The lowest BCUT2D eigenvalue weighted by Crippen LogP contribution is -2.10. The number of fused-ring (bicyclic) bond motifs is 11. The van der Waals surface area contributed by atoms with Crippen LogP contribution in [0.5, 0.6) is 0 Å². The summed E-state index contributed by atoms with van der Waals surface area (Å²) in [6.07, 6.45) is 0. The molecule has 10 aromatic rings. The summed E-state index contributed by atoms with van der Waals surface area (Å²) in [4.78, 5) is 2.49. The fourth-order valence-corrected chi connectivity index (χ4v) is 10.2. The van der Waals surface area contributed by atoms with Crippen molar-refractivity contribution in [2.75, 3.05) is 4.90 Å². The molecule has 0 N–H and O–H groups in total. The molecule has 3 heterocycles. The van der Waals surface area contributed by atoms with Gasteiger partial charge >= 0.3 is 0 Å². The number of hydrogen-bond acceptors (Lipinski definition) is 4. The first kappa shape index (κ1) is 24.7. The van der Waals surface area contributed by atoms with Crippen LogP contribution in [0.25, 0.3) is 71.3 Å². The van der Waals surface area contributed by atoms with Gasteiger partial charge in [-0.15, -0.1) is 34.0 Å². The third kappa shape index (κ3) is 3.56. The van der Waals surface area contributed by atoms with E-state index in [4.69, 9.17) is 0 Å². The SMILES string of the molecule is c1ccc2c(c1)sc1ccc(N(c3ccc4sc5ccccc5c4c3)c3cc4sc5ccccc5c4c4ccccc34)cc12. The van der Waals surface area contributed by atoms with Crippen LogP contribution < -0.4 is 4.90 Å².